The lowest BCUT2D eigenvalue weighted by atomic mass is 9.85. The Bertz CT molecular complexity index is 144. The van der Waals surface area contributed by atoms with Gasteiger partial charge in [-0.3, -0.25) is 0 Å². The quantitative estimate of drug-likeness (QED) is 0.698. The van der Waals surface area contributed by atoms with E-state index in [1.807, 2.05) is 0 Å². The summed E-state index contributed by atoms with van der Waals surface area (Å²) in [6.07, 6.45) is 8.55. The first-order chi connectivity index (χ1) is 6.40. The molecular weight excluding hydrogens is 160 g/mol. The van der Waals surface area contributed by atoms with Gasteiger partial charge in [-0.2, -0.15) is 0 Å². The van der Waals surface area contributed by atoms with E-state index in [1.165, 1.54) is 51.6 Å². The number of nitrogens with zero attached hydrogens (tertiary/aromatic N) is 1. The molecule has 1 saturated heterocycles. The van der Waals surface area contributed by atoms with Crippen LogP contribution in [-0.2, 0) is 0 Å². The van der Waals surface area contributed by atoms with Crippen molar-refractivity contribution in [2.75, 3.05) is 20.1 Å². The molecule has 1 N–H and O–H groups in total. The van der Waals surface area contributed by atoms with Gasteiger partial charge in [0.15, 0.2) is 0 Å². The monoisotopic (exact) mass is 182 g/mol. The fraction of sp³-hybridized carbons (Fsp3) is 1.00. The Hall–Kier alpha value is -0.0800. The minimum Gasteiger partial charge on any atom is -0.317 e. The van der Waals surface area contributed by atoms with Crippen LogP contribution in [0.15, 0.2) is 0 Å². The third-order valence-corrected chi connectivity index (χ3v) is 3.68. The standard InChI is InChI=1S/C11H22N2/c1-12-10-8-11(9-10)13-6-4-2-3-5-7-13/h10-12H,2-9H2,1H3. The Kier molecular flexibility index (Phi) is 3.23. The largest absolute Gasteiger partial charge is 0.317 e. The molecule has 1 aliphatic carbocycles. The van der Waals surface area contributed by atoms with Gasteiger partial charge < -0.3 is 10.2 Å². The average molecular weight is 182 g/mol. The Morgan fingerprint density at radius 3 is 2.15 bits per heavy atom. The minimum absolute atomic E-state index is 0.813. The molecule has 1 saturated carbocycles. The van der Waals surface area contributed by atoms with Gasteiger partial charge in [0.25, 0.3) is 0 Å². The lowest BCUT2D eigenvalue weighted by Gasteiger charge is -2.42. The summed E-state index contributed by atoms with van der Waals surface area (Å²) in [4.78, 5) is 2.72. The van der Waals surface area contributed by atoms with Gasteiger partial charge >= 0.3 is 0 Å². The molecule has 0 amide bonds. The van der Waals surface area contributed by atoms with E-state index in [2.05, 4.69) is 17.3 Å². The second-order valence-corrected chi connectivity index (χ2v) is 4.56. The molecule has 0 unspecified atom stereocenters. The zero-order valence-electron chi connectivity index (χ0n) is 8.76. The Morgan fingerprint density at radius 1 is 1.00 bits per heavy atom. The molecule has 2 aliphatic rings. The van der Waals surface area contributed by atoms with E-state index in [4.69, 9.17) is 0 Å². The van der Waals surface area contributed by atoms with Gasteiger partial charge in [-0.25, -0.2) is 0 Å². The summed E-state index contributed by atoms with van der Waals surface area (Å²) in [5, 5.41) is 3.36. The van der Waals surface area contributed by atoms with E-state index in [-0.39, 0.29) is 0 Å². The minimum atomic E-state index is 0.813. The van der Waals surface area contributed by atoms with Crippen molar-refractivity contribution in [3.63, 3.8) is 0 Å². The highest BCUT2D eigenvalue weighted by Crippen LogP contribution is 2.27. The van der Waals surface area contributed by atoms with Crippen molar-refractivity contribution in [3.05, 3.63) is 0 Å². The second-order valence-electron chi connectivity index (χ2n) is 4.56. The van der Waals surface area contributed by atoms with Gasteiger partial charge in [-0.1, -0.05) is 12.8 Å². The van der Waals surface area contributed by atoms with E-state index < -0.39 is 0 Å². The molecule has 0 aromatic carbocycles. The zero-order chi connectivity index (χ0) is 9.10. The third kappa shape index (κ3) is 2.23. The van der Waals surface area contributed by atoms with Crippen LogP contribution in [0.2, 0.25) is 0 Å². The van der Waals surface area contributed by atoms with Gasteiger partial charge in [-0.05, 0) is 45.8 Å². The SMILES string of the molecule is CNC1CC(N2CCCCCC2)C1. The first kappa shape index (κ1) is 9.47. The number of hydrogen-bond acceptors (Lipinski definition) is 2. The van der Waals surface area contributed by atoms with E-state index in [0.717, 1.165) is 12.1 Å². The fourth-order valence-electron chi connectivity index (χ4n) is 2.58. The molecule has 0 bridgehead atoms. The van der Waals surface area contributed by atoms with Crippen LogP contribution in [-0.4, -0.2) is 37.1 Å². The molecule has 1 aliphatic heterocycles. The number of likely N-dealkylation sites (tertiary alicyclic amines) is 1. The van der Waals surface area contributed by atoms with Crippen LogP contribution < -0.4 is 5.32 Å². The number of hydrogen-bond donors (Lipinski definition) is 1. The van der Waals surface area contributed by atoms with E-state index >= 15 is 0 Å². The van der Waals surface area contributed by atoms with E-state index in [0.29, 0.717) is 0 Å². The van der Waals surface area contributed by atoms with Gasteiger partial charge in [0.2, 0.25) is 0 Å². The van der Waals surface area contributed by atoms with Crippen molar-refractivity contribution in [2.24, 2.45) is 0 Å². The normalized spacial score (nSPS) is 36.7. The van der Waals surface area contributed by atoms with Gasteiger partial charge in [0, 0.05) is 12.1 Å². The predicted octanol–water partition coefficient (Wildman–Crippen LogP) is 1.61. The first-order valence-corrected chi connectivity index (χ1v) is 5.81. The molecule has 0 aromatic heterocycles. The van der Waals surface area contributed by atoms with Crippen molar-refractivity contribution in [2.45, 2.75) is 50.6 Å². The lowest BCUT2D eigenvalue weighted by Crippen LogP contribution is -2.51. The van der Waals surface area contributed by atoms with Crippen molar-refractivity contribution < 1.29 is 0 Å². The van der Waals surface area contributed by atoms with Gasteiger partial charge in [0.1, 0.15) is 0 Å². The molecule has 76 valence electrons. The molecule has 0 radical (unpaired) electrons. The average Bonchev–Trinajstić information content (AvgIpc) is 2.31. The molecular formula is C11H22N2. The zero-order valence-corrected chi connectivity index (χ0v) is 8.76. The molecule has 0 spiro atoms. The maximum absolute atomic E-state index is 3.36. The maximum atomic E-state index is 3.36. The lowest BCUT2D eigenvalue weighted by molar-refractivity contribution is 0.103. The number of nitrogens with one attached hydrogen (secondary N) is 1. The highest BCUT2D eigenvalue weighted by molar-refractivity contribution is 4.91. The van der Waals surface area contributed by atoms with Gasteiger partial charge in [-0.15, -0.1) is 0 Å². The smallest absolute Gasteiger partial charge is 0.0125 e. The van der Waals surface area contributed by atoms with Crippen LogP contribution >= 0.6 is 0 Å². The second kappa shape index (κ2) is 4.43. The van der Waals surface area contributed by atoms with E-state index in [9.17, 15) is 0 Å². The molecule has 2 nitrogen and oxygen atoms in total. The molecule has 0 aromatic rings. The summed E-state index contributed by atoms with van der Waals surface area (Å²) in [5.74, 6) is 0. The molecule has 2 heteroatoms. The number of rotatable bonds is 2. The Labute approximate surface area is 81.7 Å². The molecule has 2 rings (SSSR count). The highest BCUT2D eigenvalue weighted by Gasteiger charge is 2.32. The van der Waals surface area contributed by atoms with Gasteiger partial charge in [0.05, 0.1) is 0 Å². The van der Waals surface area contributed by atoms with Crippen LogP contribution in [0.4, 0.5) is 0 Å². The molecule has 2 fully saturated rings. The maximum Gasteiger partial charge on any atom is 0.0125 e. The van der Waals surface area contributed by atoms with Crippen molar-refractivity contribution in [3.8, 4) is 0 Å². The summed E-state index contributed by atoms with van der Waals surface area (Å²) in [6, 6.07) is 1.73. The molecule has 0 atom stereocenters. The summed E-state index contributed by atoms with van der Waals surface area (Å²) in [6.45, 7) is 2.72. The van der Waals surface area contributed by atoms with Crippen LogP contribution in [0, 0.1) is 0 Å². The summed E-state index contributed by atoms with van der Waals surface area (Å²) in [7, 11) is 2.09. The fourth-order valence-corrected chi connectivity index (χ4v) is 2.58. The molecule has 1 heterocycles. The predicted molar refractivity (Wildman–Crippen MR) is 55.9 cm³/mol. The Morgan fingerprint density at radius 2 is 1.62 bits per heavy atom. The molecule has 13 heavy (non-hydrogen) atoms. The van der Waals surface area contributed by atoms with E-state index in [1.54, 1.807) is 0 Å². The van der Waals surface area contributed by atoms with Crippen LogP contribution in [0.25, 0.3) is 0 Å². The van der Waals surface area contributed by atoms with Crippen LogP contribution in [0.1, 0.15) is 38.5 Å². The summed E-state index contributed by atoms with van der Waals surface area (Å²) < 4.78 is 0. The topological polar surface area (TPSA) is 15.3 Å². The summed E-state index contributed by atoms with van der Waals surface area (Å²) >= 11 is 0. The first-order valence-electron chi connectivity index (χ1n) is 5.81. The van der Waals surface area contributed by atoms with Crippen LogP contribution in [0.3, 0.4) is 0 Å². The Balaban J connectivity index is 1.74. The van der Waals surface area contributed by atoms with Crippen molar-refractivity contribution in [1.82, 2.24) is 10.2 Å². The van der Waals surface area contributed by atoms with Crippen molar-refractivity contribution in [1.29, 1.82) is 0 Å². The van der Waals surface area contributed by atoms with Crippen molar-refractivity contribution >= 4 is 0 Å². The van der Waals surface area contributed by atoms with Crippen LogP contribution in [0.5, 0.6) is 0 Å². The third-order valence-electron chi connectivity index (χ3n) is 3.68. The summed E-state index contributed by atoms with van der Waals surface area (Å²) in [5.41, 5.74) is 0. The highest BCUT2D eigenvalue weighted by atomic mass is 15.2.